The van der Waals surface area contributed by atoms with Gasteiger partial charge in [0.05, 0.1) is 0 Å². The molecular formula is C62H47N3O2. The molecule has 0 spiro atoms. The molecule has 0 N–H and O–H groups in total. The van der Waals surface area contributed by atoms with Gasteiger partial charge in [-0.25, -0.2) is 9.97 Å². The zero-order valence-corrected chi connectivity index (χ0v) is 38.7. The Kier molecular flexibility index (Phi) is 7.46. The first-order valence-corrected chi connectivity index (χ1v) is 23.5. The van der Waals surface area contributed by atoms with E-state index in [0.717, 1.165) is 55.6 Å². The number of aromatic nitrogens is 2. The molecule has 3 aliphatic carbocycles. The lowest BCUT2D eigenvalue weighted by Gasteiger charge is -2.31. The molecule has 0 atom stereocenters. The maximum Gasteiger partial charge on any atom is 0.234 e. The number of benzene rings is 8. The van der Waals surface area contributed by atoms with Crippen LogP contribution in [0.1, 0.15) is 80.5 Å². The Morgan fingerprint density at radius 2 is 0.970 bits per heavy atom. The van der Waals surface area contributed by atoms with Crippen LogP contribution >= 0.6 is 0 Å². The van der Waals surface area contributed by atoms with Crippen LogP contribution in [-0.4, -0.2) is 9.97 Å². The van der Waals surface area contributed by atoms with Crippen molar-refractivity contribution in [3.05, 3.63) is 197 Å². The topological polar surface area (TPSA) is 55.3 Å². The number of anilines is 3. The highest BCUT2D eigenvalue weighted by atomic mass is 16.3. The average Bonchev–Trinajstić information content (AvgIpc) is 4.09. The summed E-state index contributed by atoms with van der Waals surface area (Å²) in [7, 11) is 0. The number of rotatable bonds is 4. The Hall–Kier alpha value is -7.76. The summed E-state index contributed by atoms with van der Waals surface area (Å²) >= 11 is 0. The van der Waals surface area contributed by atoms with Gasteiger partial charge in [0.15, 0.2) is 0 Å². The predicted octanol–water partition coefficient (Wildman–Crippen LogP) is 16.6. The Morgan fingerprint density at radius 3 is 1.66 bits per heavy atom. The third-order valence-corrected chi connectivity index (χ3v) is 15.8. The molecule has 0 radical (unpaired) electrons. The molecule has 5 nitrogen and oxygen atoms in total. The van der Waals surface area contributed by atoms with Crippen LogP contribution in [0.2, 0.25) is 0 Å². The summed E-state index contributed by atoms with van der Waals surface area (Å²) in [6.45, 7) is 16.5. The van der Waals surface area contributed by atoms with Crippen LogP contribution in [0.3, 0.4) is 0 Å². The lowest BCUT2D eigenvalue weighted by molar-refractivity contribution is 0.600. The van der Waals surface area contributed by atoms with Crippen molar-refractivity contribution < 1.29 is 8.83 Å². The third kappa shape index (κ3) is 4.93. The van der Waals surface area contributed by atoms with Gasteiger partial charge in [-0.15, -0.1) is 0 Å². The molecule has 322 valence electrons. The van der Waals surface area contributed by atoms with Crippen LogP contribution in [0, 0.1) is 6.92 Å². The van der Waals surface area contributed by atoms with Crippen molar-refractivity contribution in [3.63, 3.8) is 0 Å². The minimum atomic E-state index is -0.352. The van der Waals surface area contributed by atoms with E-state index < -0.39 is 0 Å². The van der Waals surface area contributed by atoms with Crippen LogP contribution < -0.4 is 4.90 Å². The van der Waals surface area contributed by atoms with Crippen molar-refractivity contribution >= 4 is 61.2 Å². The molecule has 3 aromatic heterocycles. The number of fused-ring (bicyclic) bond motifs is 19. The van der Waals surface area contributed by atoms with Crippen molar-refractivity contribution in [2.24, 2.45) is 0 Å². The van der Waals surface area contributed by atoms with E-state index in [4.69, 9.17) is 18.8 Å². The summed E-state index contributed by atoms with van der Waals surface area (Å²) in [5, 5.41) is 4.66. The fourth-order valence-corrected chi connectivity index (χ4v) is 12.6. The SMILES string of the molecule is Cc1ccc(-c2cc3c(c4c2oc2ccccc24)-c2ccc(N(c4ccc5c(c4)C(C)(C)c4c6c(c7oc8ccccc8c7c4-5)-c4ccccc4C6(C)C)c4ncccn4)cc2C3(C)C)cc1. The molecular weight excluding hydrogens is 819 g/mol. The number of aryl methyl sites for hydroxylation is 1. The van der Waals surface area contributed by atoms with Crippen molar-refractivity contribution in [1.82, 2.24) is 9.97 Å². The maximum atomic E-state index is 6.95. The number of para-hydroxylation sites is 2. The van der Waals surface area contributed by atoms with Crippen LogP contribution in [0.15, 0.2) is 167 Å². The molecule has 3 heterocycles. The second-order valence-corrected chi connectivity index (χ2v) is 20.6. The first kappa shape index (κ1) is 38.5. The van der Waals surface area contributed by atoms with Crippen molar-refractivity contribution in [2.45, 2.75) is 64.7 Å². The molecule has 0 saturated carbocycles. The van der Waals surface area contributed by atoms with Gasteiger partial charge in [0.25, 0.3) is 0 Å². The number of furan rings is 2. The smallest absolute Gasteiger partial charge is 0.234 e. The van der Waals surface area contributed by atoms with Gasteiger partial charge in [0.1, 0.15) is 22.3 Å². The fraction of sp³-hybridized carbons (Fsp3) is 0.161. The summed E-state index contributed by atoms with van der Waals surface area (Å²) in [4.78, 5) is 12.1. The Bertz CT molecular complexity index is 3960. The maximum absolute atomic E-state index is 6.95. The van der Waals surface area contributed by atoms with Gasteiger partial charge >= 0.3 is 0 Å². The Morgan fingerprint density at radius 1 is 0.433 bits per heavy atom. The van der Waals surface area contributed by atoms with Crippen molar-refractivity contribution in [3.8, 4) is 44.5 Å². The zero-order valence-electron chi connectivity index (χ0n) is 38.7. The van der Waals surface area contributed by atoms with E-state index in [1.165, 1.54) is 83.1 Å². The molecule has 8 aromatic carbocycles. The molecule has 0 aliphatic heterocycles. The standard InChI is InChI=1S/C62H47N3O2/c1-34-21-23-35(24-22-34)43-33-47-50(52-41-16-9-12-19-48(41)66-57(43)52)39-27-25-36(31-45(39)60(47,2)3)65(59-63-29-14-30-64-59)37-26-28-40-46(32-37)62(6,7)55-51(40)53-42-17-10-13-20-49(42)67-58(53)54-38-15-8-11-18-44(38)61(4,5)56(54)55/h8-33H,1-7H3. The number of nitrogens with zero attached hydrogens (tertiary/aromatic N) is 3. The first-order chi connectivity index (χ1) is 32.4. The lowest BCUT2D eigenvalue weighted by Crippen LogP contribution is -2.24. The summed E-state index contributed by atoms with van der Waals surface area (Å²) in [5.74, 6) is 0.620. The molecule has 3 aliphatic rings. The van der Waals surface area contributed by atoms with Gasteiger partial charge in [-0.1, -0.05) is 144 Å². The van der Waals surface area contributed by atoms with Crippen LogP contribution in [0.25, 0.3) is 88.4 Å². The summed E-state index contributed by atoms with van der Waals surface area (Å²) < 4.78 is 13.7. The molecule has 0 unspecified atom stereocenters. The van der Waals surface area contributed by atoms with Gasteiger partial charge in [0.2, 0.25) is 5.95 Å². The van der Waals surface area contributed by atoms with Gasteiger partial charge in [0, 0.05) is 72.7 Å². The summed E-state index contributed by atoms with van der Waals surface area (Å²) in [6, 6.07) is 53.0. The Labute approximate surface area is 389 Å². The van der Waals surface area contributed by atoms with E-state index in [0.29, 0.717) is 5.95 Å². The number of hydrogen-bond donors (Lipinski definition) is 0. The van der Waals surface area contributed by atoms with Crippen LogP contribution in [0.5, 0.6) is 0 Å². The highest BCUT2D eigenvalue weighted by molar-refractivity contribution is 6.21. The van der Waals surface area contributed by atoms with Crippen molar-refractivity contribution in [1.29, 1.82) is 0 Å². The van der Waals surface area contributed by atoms with Gasteiger partial charge < -0.3 is 8.83 Å². The number of hydrogen-bond acceptors (Lipinski definition) is 5. The molecule has 14 rings (SSSR count). The minimum absolute atomic E-state index is 0.237. The normalized spacial score (nSPS) is 15.4. The van der Waals surface area contributed by atoms with E-state index in [9.17, 15) is 0 Å². The largest absolute Gasteiger partial charge is 0.455 e. The van der Waals surface area contributed by atoms with Crippen LogP contribution in [0.4, 0.5) is 17.3 Å². The van der Waals surface area contributed by atoms with E-state index in [-0.39, 0.29) is 16.2 Å². The fourth-order valence-electron chi connectivity index (χ4n) is 12.6. The van der Waals surface area contributed by atoms with Gasteiger partial charge in [-0.2, -0.15) is 0 Å². The van der Waals surface area contributed by atoms with E-state index in [1.807, 2.05) is 18.5 Å². The van der Waals surface area contributed by atoms with E-state index in [1.54, 1.807) is 0 Å². The second kappa shape index (κ2) is 13.0. The highest BCUT2D eigenvalue weighted by Crippen LogP contribution is 2.64. The quantitative estimate of drug-likeness (QED) is 0.176. The molecule has 0 amide bonds. The monoisotopic (exact) mass is 865 g/mol. The molecule has 0 fully saturated rings. The second-order valence-electron chi connectivity index (χ2n) is 20.6. The minimum Gasteiger partial charge on any atom is -0.455 e. The third-order valence-electron chi connectivity index (χ3n) is 15.8. The van der Waals surface area contributed by atoms with Gasteiger partial charge in [-0.3, -0.25) is 4.90 Å². The molecule has 67 heavy (non-hydrogen) atoms. The van der Waals surface area contributed by atoms with E-state index in [2.05, 4.69) is 193 Å². The average molecular weight is 866 g/mol. The molecule has 0 saturated heterocycles. The Balaban J connectivity index is 0.979. The molecule has 0 bridgehead atoms. The van der Waals surface area contributed by atoms with Gasteiger partial charge in [-0.05, 0) is 122 Å². The lowest BCUT2D eigenvalue weighted by atomic mass is 9.72. The summed E-state index contributed by atoms with van der Waals surface area (Å²) in [6.07, 6.45) is 3.68. The first-order valence-electron chi connectivity index (χ1n) is 23.5. The molecule has 11 aromatic rings. The highest BCUT2D eigenvalue weighted by Gasteiger charge is 2.49. The van der Waals surface area contributed by atoms with E-state index >= 15 is 0 Å². The predicted molar refractivity (Wildman–Crippen MR) is 274 cm³/mol. The van der Waals surface area contributed by atoms with Crippen molar-refractivity contribution in [2.75, 3.05) is 4.90 Å². The zero-order chi connectivity index (χ0) is 45.3. The van der Waals surface area contributed by atoms with Crippen LogP contribution in [-0.2, 0) is 16.2 Å². The molecule has 5 heteroatoms. The summed E-state index contributed by atoms with van der Waals surface area (Å²) in [5.41, 5.74) is 23.8.